The summed E-state index contributed by atoms with van der Waals surface area (Å²) < 4.78 is 0. The van der Waals surface area contributed by atoms with Crippen molar-refractivity contribution < 1.29 is 9.90 Å². The Morgan fingerprint density at radius 3 is 2.56 bits per heavy atom. The number of aryl methyl sites for hydroxylation is 1. The smallest absolute Gasteiger partial charge is 0.354 e. The zero-order chi connectivity index (χ0) is 13.9. The molecule has 0 radical (unpaired) electrons. The highest BCUT2D eigenvalue weighted by molar-refractivity contribution is 5.85. The maximum atomic E-state index is 10.9. The first-order chi connectivity index (χ1) is 8.22. The molecule has 6 heteroatoms. The molecule has 6 nitrogen and oxygen atoms in total. The first kappa shape index (κ1) is 14.4. The molecular weight excluding hydrogens is 232 g/mol. The average molecular weight is 252 g/mol. The van der Waals surface area contributed by atoms with Gasteiger partial charge in [-0.3, -0.25) is 0 Å². The van der Waals surface area contributed by atoms with Gasteiger partial charge >= 0.3 is 5.97 Å². The van der Waals surface area contributed by atoms with Crippen LogP contribution in [-0.2, 0) is 0 Å². The molecule has 1 rings (SSSR count). The van der Waals surface area contributed by atoms with Crippen LogP contribution < -0.4 is 5.32 Å². The first-order valence-electron chi connectivity index (χ1n) is 5.72. The van der Waals surface area contributed by atoms with Crippen LogP contribution in [-0.4, -0.2) is 52.1 Å². The summed E-state index contributed by atoms with van der Waals surface area (Å²) in [7, 11) is 3.98. The van der Waals surface area contributed by atoms with Crippen molar-refractivity contribution in [1.82, 2.24) is 14.9 Å². The number of carbonyl (C=O) groups is 1. The van der Waals surface area contributed by atoms with E-state index in [-0.39, 0.29) is 11.2 Å². The third-order valence-corrected chi connectivity index (χ3v) is 2.96. The molecule has 0 spiro atoms. The minimum atomic E-state index is -1.05. The fourth-order valence-corrected chi connectivity index (χ4v) is 1.21. The summed E-state index contributed by atoms with van der Waals surface area (Å²) in [5.74, 6) is -0.697. The Labute approximate surface area is 107 Å². The number of aromatic nitrogens is 2. The molecule has 1 aromatic heterocycles. The molecule has 18 heavy (non-hydrogen) atoms. The van der Waals surface area contributed by atoms with Gasteiger partial charge in [-0.2, -0.15) is 0 Å². The SMILES string of the molecule is Cc1cc(C(=O)O)nc(NCC(C)(C)N(C)C)n1. The van der Waals surface area contributed by atoms with E-state index in [9.17, 15) is 4.79 Å². The van der Waals surface area contributed by atoms with E-state index in [1.807, 2.05) is 14.1 Å². The lowest BCUT2D eigenvalue weighted by Crippen LogP contribution is -2.44. The maximum Gasteiger partial charge on any atom is 0.354 e. The van der Waals surface area contributed by atoms with Gasteiger partial charge in [-0.1, -0.05) is 0 Å². The van der Waals surface area contributed by atoms with Crippen LogP contribution in [0.15, 0.2) is 6.07 Å². The second-order valence-corrected chi connectivity index (χ2v) is 5.08. The summed E-state index contributed by atoms with van der Waals surface area (Å²) >= 11 is 0. The first-order valence-corrected chi connectivity index (χ1v) is 5.72. The van der Waals surface area contributed by atoms with E-state index >= 15 is 0 Å². The third-order valence-electron chi connectivity index (χ3n) is 2.96. The Kier molecular flexibility index (Phi) is 4.24. The molecule has 0 aliphatic rings. The molecule has 2 N–H and O–H groups in total. The van der Waals surface area contributed by atoms with E-state index in [0.717, 1.165) is 0 Å². The van der Waals surface area contributed by atoms with Crippen LogP contribution >= 0.6 is 0 Å². The summed E-state index contributed by atoms with van der Waals surface area (Å²) in [4.78, 5) is 21.1. The lowest BCUT2D eigenvalue weighted by molar-refractivity contribution is 0.0690. The summed E-state index contributed by atoms with van der Waals surface area (Å²) in [5, 5.41) is 12.0. The van der Waals surface area contributed by atoms with Gasteiger partial charge in [0.15, 0.2) is 5.69 Å². The lowest BCUT2D eigenvalue weighted by atomic mass is 10.1. The summed E-state index contributed by atoms with van der Waals surface area (Å²) in [6, 6.07) is 1.45. The molecule has 1 aromatic rings. The van der Waals surface area contributed by atoms with Crippen molar-refractivity contribution in [3.63, 3.8) is 0 Å². The number of nitrogens with one attached hydrogen (secondary N) is 1. The van der Waals surface area contributed by atoms with Crippen molar-refractivity contribution in [1.29, 1.82) is 0 Å². The topological polar surface area (TPSA) is 78.3 Å². The second kappa shape index (κ2) is 5.30. The Morgan fingerprint density at radius 1 is 1.44 bits per heavy atom. The predicted octanol–water partition coefficient (Wildman–Crippen LogP) is 1.24. The monoisotopic (exact) mass is 252 g/mol. The molecular formula is C12H20N4O2. The molecule has 1 heterocycles. The molecule has 0 aromatic carbocycles. The highest BCUT2D eigenvalue weighted by atomic mass is 16.4. The van der Waals surface area contributed by atoms with Gasteiger partial charge in [-0.05, 0) is 40.9 Å². The van der Waals surface area contributed by atoms with Crippen LogP contribution in [0.2, 0.25) is 0 Å². The van der Waals surface area contributed by atoms with Crippen LogP contribution in [0.1, 0.15) is 30.0 Å². The lowest BCUT2D eigenvalue weighted by Gasteiger charge is -2.32. The van der Waals surface area contributed by atoms with E-state index in [4.69, 9.17) is 5.11 Å². The van der Waals surface area contributed by atoms with Gasteiger partial charge in [0, 0.05) is 17.8 Å². The molecule has 0 saturated heterocycles. The molecule has 0 bridgehead atoms. The zero-order valence-corrected chi connectivity index (χ0v) is 11.5. The minimum Gasteiger partial charge on any atom is -0.477 e. The number of nitrogens with zero attached hydrogens (tertiary/aromatic N) is 3. The van der Waals surface area contributed by atoms with Crippen LogP contribution in [0, 0.1) is 6.92 Å². The Bertz CT molecular complexity index is 444. The zero-order valence-electron chi connectivity index (χ0n) is 11.5. The summed E-state index contributed by atoms with van der Waals surface area (Å²) in [6.07, 6.45) is 0. The average Bonchev–Trinajstić information content (AvgIpc) is 2.25. The summed E-state index contributed by atoms with van der Waals surface area (Å²) in [5.41, 5.74) is 0.566. The van der Waals surface area contributed by atoms with Crippen molar-refractivity contribution in [3.8, 4) is 0 Å². The van der Waals surface area contributed by atoms with E-state index in [0.29, 0.717) is 18.2 Å². The molecule has 0 fully saturated rings. The number of carboxylic acid groups (broad SMARTS) is 1. The fraction of sp³-hybridized carbons (Fsp3) is 0.583. The molecule has 0 aliphatic carbocycles. The van der Waals surface area contributed by atoms with Crippen molar-refractivity contribution in [2.24, 2.45) is 0 Å². The van der Waals surface area contributed by atoms with E-state index in [1.165, 1.54) is 6.07 Å². The number of carboxylic acids is 1. The minimum absolute atomic E-state index is 0.00709. The molecule has 100 valence electrons. The quantitative estimate of drug-likeness (QED) is 0.820. The third kappa shape index (κ3) is 3.66. The normalized spacial score (nSPS) is 11.7. The van der Waals surface area contributed by atoms with E-state index in [1.54, 1.807) is 6.92 Å². The fourth-order valence-electron chi connectivity index (χ4n) is 1.21. The number of anilines is 1. The van der Waals surface area contributed by atoms with Crippen molar-refractivity contribution in [2.75, 3.05) is 26.0 Å². The van der Waals surface area contributed by atoms with Crippen molar-refractivity contribution in [3.05, 3.63) is 17.5 Å². The van der Waals surface area contributed by atoms with Gasteiger partial charge in [-0.25, -0.2) is 14.8 Å². The maximum absolute atomic E-state index is 10.9. The van der Waals surface area contributed by atoms with Gasteiger partial charge in [0.1, 0.15) is 0 Å². The van der Waals surface area contributed by atoms with Crippen LogP contribution in [0.25, 0.3) is 0 Å². The van der Waals surface area contributed by atoms with E-state index in [2.05, 4.69) is 34.0 Å². The molecule has 0 amide bonds. The highest BCUT2D eigenvalue weighted by Gasteiger charge is 2.20. The number of hydrogen-bond acceptors (Lipinski definition) is 5. The molecule has 0 saturated carbocycles. The highest BCUT2D eigenvalue weighted by Crippen LogP contribution is 2.11. The second-order valence-electron chi connectivity index (χ2n) is 5.08. The Balaban J connectivity index is 2.83. The van der Waals surface area contributed by atoms with Crippen molar-refractivity contribution in [2.45, 2.75) is 26.3 Å². The van der Waals surface area contributed by atoms with Gasteiger partial charge in [0.2, 0.25) is 5.95 Å². The van der Waals surface area contributed by atoms with Crippen LogP contribution in [0.3, 0.4) is 0 Å². The Morgan fingerprint density at radius 2 is 2.06 bits per heavy atom. The van der Waals surface area contributed by atoms with Crippen LogP contribution in [0.5, 0.6) is 0 Å². The largest absolute Gasteiger partial charge is 0.477 e. The number of aromatic carboxylic acids is 1. The number of hydrogen-bond donors (Lipinski definition) is 2. The van der Waals surface area contributed by atoms with E-state index < -0.39 is 5.97 Å². The predicted molar refractivity (Wildman–Crippen MR) is 70.0 cm³/mol. The molecule has 0 unspecified atom stereocenters. The van der Waals surface area contributed by atoms with Gasteiger partial charge in [0.25, 0.3) is 0 Å². The number of likely N-dealkylation sites (N-methyl/N-ethyl adjacent to an activating group) is 1. The van der Waals surface area contributed by atoms with Crippen molar-refractivity contribution >= 4 is 11.9 Å². The van der Waals surface area contributed by atoms with Gasteiger partial charge in [0.05, 0.1) is 0 Å². The molecule has 0 atom stereocenters. The summed E-state index contributed by atoms with van der Waals surface area (Å²) in [6.45, 7) is 6.53. The van der Waals surface area contributed by atoms with Crippen LogP contribution in [0.4, 0.5) is 5.95 Å². The molecule has 0 aliphatic heterocycles. The van der Waals surface area contributed by atoms with Gasteiger partial charge < -0.3 is 15.3 Å². The standard InChI is InChI=1S/C12H20N4O2/c1-8-6-9(10(17)18)15-11(14-8)13-7-12(2,3)16(4)5/h6H,7H2,1-5H3,(H,17,18)(H,13,14,15). The van der Waals surface area contributed by atoms with Gasteiger partial charge in [-0.15, -0.1) is 0 Å². The number of rotatable bonds is 5. The Hall–Kier alpha value is -1.69.